The molecule has 0 unspecified atom stereocenters. The smallest absolute Gasteiger partial charge is 0.290 e. The molecule has 0 bridgehead atoms. The normalized spacial score (nSPS) is 9.81. The summed E-state index contributed by atoms with van der Waals surface area (Å²) in [5.41, 5.74) is 5.41. The average Bonchev–Trinajstić information content (AvgIpc) is 2.76. The highest BCUT2D eigenvalue weighted by Gasteiger charge is 2.16. The zero-order valence-corrected chi connectivity index (χ0v) is 9.19. The van der Waals surface area contributed by atoms with Crippen molar-refractivity contribution < 1.29 is 9.21 Å². The number of furan rings is 1. The van der Waals surface area contributed by atoms with Crippen molar-refractivity contribution in [3.8, 4) is 0 Å². The Bertz CT molecular complexity index is 372. The fourth-order valence-electron chi connectivity index (χ4n) is 1.31. The van der Waals surface area contributed by atoms with E-state index in [0.717, 1.165) is 0 Å². The Labute approximate surface area is 95.0 Å². The molecule has 0 aromatic carbocycles. The number of carbonyl (C=O) groups excluding carboxylic acids is 1. The summed E-state index contributed by atoms with van der Waals surface area (Å²) >= 11 is 0. The van der Waals surface area contributed by atoms with Gasteiger partial charge in [-0.1, -0.05) is 12.2 Å². The number of nitrogens with two attached hydrogens (primary N) is 1. The molecule has 86 valence electrons. The molecule has 0 aliphatic rings. The van der Waals surface area contributed by atoms with Gasteiger partial charge in [0.05, 0.1) is 6.54 Å². The molecule has 4 nitrogen and oxygen atoms in total. The molecule has 0 radical (unpaired) electrons. The van der Waals surface area contributed by atoms with Gasteiger partial charge in [-0.05, 0) is 12.1 Å². The summed E-state index contributed by atoms with van der Waals surface area (Å²) < 4.78 is 5.28. The molecule has 0 fully saturated rings. The highest BCUT2D eigenvalue weighted by atomic mass is 16.4. The zero-order chi connectivity index (χ0) is 12.0. The number of hydrogen-bond donors (Lipinski definition) is 1. The zero-order valence-electron chi connectivity index (χ0n) is 9.19. The first-order valence-electron chi connectivity index (χ1n) is 5.02. The topological polar surface area (TPSA) is 59.5 Å². The molecule has 0 saturated heterocycles. The second-order valence-corrected chi connectivity index (χ2v) is 3.26. The van der Waals surface area contributed by atoms with Crippen LogP contribution in [0.1, 0.15) is 16.3 Å². The van der Waals surface area contributed by atoms with E-state index in [1.54, 1.807) is 29.2 Å². The second-order valence-electron chi connectivity index (χ2n) is 3.26. The Kier molecular flexibility index (Phi) is 4.54. The molecule has 16 heavy (non-hydrogen) atoms. The number of amides is 1. The van der Waals surface area contributed by atoms with Crippen molar-refractivity contribution in [2.24, 2.45) is 5.73 Å². The fraction of sp³-hybridized carbons (Fsp3) is 0.250. The molecule has 0 atom stereocenters. The minimum atomic E-state index is -0.181. The first-order chi connectivity index (χ1) is 7.72. The van der Waals surface area contributed by atoms with Crippen LogP contribution in [-0.2, 0) is 6.54 Å². The average molecular weight is 220 g/mol. The Morgan fingerprint density at radius 3 is 2.44 bits per heavy atom. The molecule has 0 saturated carbocycles. The van der Waals surface area contributed by atoms with E-state index in [1.165, 1.54) is 0 Å². The van der Waals surface area contributed by atoms with Crippen LogP contribution in [0.2, 0.25) is 0 Å². The molecule has 0 aliphatic carbocycles. The molecule has 1 aromatic heterocycles. The van der Waals surface area contributed by atoms with E-state index in [1.807, 2.05) is 0 Å². The lowest BCUT2D eigenvalue weighted by molar-refractivity contribution is 0.0757. The van der Waals surface area contributed by atoms with Gasteiger partial charge in [-0.15, -0.1) is 13.2 Å². The summed E-state index contributed by atoms with van der Waals surface area (Å²) in [6.07, 6.45) is 3.32. The predicted molar refractivity (Wildman–Crippen MR) is 62.9 cm³/mol. The van der Waals surface area contributed by atoms with Crippen molar-refractivity contribution in [1.29, 1.82) is 0 Å². The summed E-state index contributed by atoms with van der Waals surface area (Å²) in [6, 6.07) is 3.33. The van der Waals surface area contributed by atoms with Crippen LogP contribution in [0, 0.1) is 0 Å². The molecule has 2 N–H and O–H groups in total. The van der Waals surface area contributed by atoms with E-state index >= 15 is 0 Å². The van der Waals surface area contributed by atoms with E-state index in [2.05, 4.69) is 13.2 Å². The molecule has 0 spiro atoms. The van der Waals surface area contributed by atoms with Gasteiger partial charge in [0.2, 0.25) is 0 Å². The third-order valence-electron chi connectivity index (χ3n) is 2.06. The number of rotatable bonds is 6. The highest BCUT2D eigenvalue weighted by molar-refractivity contribution is 5.91. The first kappa shape index (κ1) is 12.3. The molecular weight excluding hydrogens is 204 g/mol. The minimum absolute atomic E-state index is 0.181. The summed E-state index contributed by atoms with van der Waals surface area (Å²) in [5, 5.41) is 0. The molecule has 0 aliphatic heterocycles. The molecule has 1 amide bonds. The van der Waals surface area contributed by atoms with Crippen molar-refractivity contribution in [2.75, 3.05) is 13.1 Å². The van der Waals surface area contributed by atoms with Crippen molar-refractivity contribution in [3.05, 3.63) is 49.0 Å². The van der Waals surface area contributed by atoms with Crippen molar-refractivity contribution in [3.63, 3.8) is 0 Å². The third kappa shape index (κ3) is 2.84. The van der Waals surface area contributed by atoms with Gasteiger partial charge in [0.25, 0.3) is 5.91 Å². The van der Waals surface area contributed by atoms with E-state index in [9.17, 15) is 4.79 Å². The Morgan fingerprint density at radius 2 is 2.00 bits per heavy atom. The van der Waals surface area contributed by atoms with E-state index in [0.29, 0.717) is 24.6 Å². The fourth-order valence-corrected chi connectivity index (χ4v) is 1.31. The van der Waals surface area contributed by atoms with Crippen LogP contribution in [0.15, 0.2) is 41.9 Å². The van der Waals surface area contributed by atoms with E-state index in [-0.39, 0.29) is 12.5 Å². The van der Waals surface area contributed by atoms with Gasteiger partial charge in [0.15, 0.2) is 5.76 Å². The predicted octanol–water partition coefficient (Wildman–Crippen LogP) is 1.55. The molecular formula is C12H16N2O2. The van der Waals surface area contributed by atoms with Gasteiger partial charge >= 0.3 is 0 Å². The van der Waals surface area contributed by atoms with Gasteiger partial charge in [0.1, 0.15) is 5.76 Å². The van der Waals surface area contributed by atoms with Crippen LogP contribution >= 0.6 is 0 Å². The maximum Gasteiger partial charge on any atom is 0.290 e. The highest BCUT2D eigenvalue weighted by Crippen LogP contribution is 2.10. The number of carbonyl (C=O) groups is 1. The monoisotopic (exact) mass is 220 g/mol. The van der Waals surface area contributed by atoms with Gasteiger partial charge in [-0.2, -0.15) is 0 Å². The lowest BCUT2D eigenvalue weighted by atomic mass is 10.3. The van der Waals surface area contributed by atoms with Crippen LogP contribution in [-0.4, -0.2) is 23.9 Å². The second kappa shape index (κ2) is 5.92. The quantitative estimate of drug-likeness (QED) is 0.740. The third-order valence-corrected chi connectivity index (χ3v) is 2.06. The lowest BCUT2D eigenvalue weighted by Crippen LogP contribution is -2.30. The summed E-state index contributed by atoms with van der Waals surface area (Å²) in [4.78, 5) is 13.5. The maximum atomic E-state index is 11.9. The van der Waals surface area contributed by atoms with Crippen LogP contribution in [0.5, 0.6) is 0 Å². The lowest BCUT2D eigenvalue weighted by Gasteiger charge is -2.17. The summed E-state index contributed by atoms with van der Waals surface area (Å²) in [5.74, 6) is 0.712. The molecule has 1 rings (SSSR count). The van der Waals surface area contributed by atoms with Crippen molar-refractivity contribution in [1.82, 2.24) is 4.90 Å². The Balaban J connectivity index is 2.80. The van der Waals surface area contributed by atoms with E-state index < -0.39 is 0 Å². The Hall–Kier alpha value is -1.81. The molecule has 1 heterocycles. The molecule has 1 aromatic rings. The van der Waals surface area contributed by atoms with Crippen molar-refractivity contribution in [2.45, 2.75) is 6.54 Å². The largest absolute Gasteiger partial charge is 0.455 e. The standard InChI is InChI=1S/C12H16N2O2/c1-3-7-14(8-4-2)12(15)11-6-5-10(9-13)16-11/h3-6H,1-2,7-9,13H2. The van der Waals surface area contributed by atoms with Crippen LogP contribution in [0.4, 0.5) is 0 Å². The SMILES string of the molecule is C=CCN(CC=C)C(=O)c1ccc(CN)o1. The van der Waals surface area contributed by atoms with Gasteiger partial charge < -0.3 is 15.1 Å². The van der Waals surface area contributed by atoms with E-state index in [4.69, 9.17) is 10.2 Å². The van der Waals surface area contributed by atoms with Crippen LogP contribution in [0.3, 0.4) is 0 Å². The minimum Gasteiger partial charge on any atom is -0.455 e. The van der Waals surface area contributed by atoms with Crippen LogP contribution < -0.4 is 5.73 Å². The maximum absolute atomic E-state index is 11.9. The number of hydrogen-bond acceptors (Lipinski definition) is 3. The van der Waals surface area contributed by atoms with Crippen LogP contribution in [0.25, 0.3) is 0 Å². The van der Waals surface area contributed by atoms with Gasteiger partial charge in [-0.3, -0.25) is 4.79 Å². The molecule has 4 heteroatoms. The summed E-state index contributed by atoms with van der Waals surface area (Å²) in [6.45, 7) is 8.41. The summed E-state index contributed by atoms with van der Waals surface area (Å²) in [7, 11) is 0. The first-order valence-corrected chi connectivity index (χ1v) is 5.02. The van der Waals surface area contributed by atoms with Crippen molar-refractivity contribution >= 4 is 5.91 Å². The Morgan fingerprint density at radius 1 is 1.38 bits per heavy atom. The van der Waals surface area contributed by atoms with Gasteiger partial charge in [0, 0.05) is 13.1 Å². The number of nitrogens with zero attached hydrogens (tertiary/aromatic N) is 1. The van der Waals surface area contributed by atoms with Gasteiger partial charge in [-0.25, -0.2) is 0 Å².